The molecule has 1 aliphatic heterocycles. The Morgan fingerprint density at radius 2 is 1.85 bits per heavy atom. The molecule has 1 aliphatic rings. The van der Waals surface area contributed by atoms with Gasteiger partial charge in [0.05, 0.1) is 6.42 Å². The summed E-state index contributed by atoms with van der Waals surface area (Å²) in [6.07, 6.45) is 2.20. The average Bonchev–Trinajstić information content (AvgIpc) is 2.43. The molecule has 0 unspecified atom stereocenters. The predicted octanol–water partition coefficient (Wildman–Crippen LogP) is 0.930. The van der Waals surface area contributed by atoms with Crippen LogP contribution < -0.4 is 5.32 Å². The molecule has 0 saturated carbocycles. The standard InChI is InChI=1S/C13H25N3O3S/c1-13(2,20-3)10-14-12(19)16-8-6-15(7-9-16)5-4-11(17)18/h4-10H2,1-3H3,(H,14,19)(H,17,18). The quantitative estimate of drug-likeness (QED) is 0.764. The molecule has 2 amide bonds. The summed E-state index contributed by atoms with van der Waals surface area (Å²) < 4.78 is 0.0406. The molecule has 0 spiro atoms. The van der Waals surface area contributed by atoms with E-state index in [9.17, 15) is 9.59 Å². The number of piperazine rings is 1. The highest BCUT2D eigenvalue weighted by atomic mass is 32.2. The molecule has 20 heavy (non-hydrogen) atoms. The van der Waals surface area contributed by atoms with Crippen molar-refractivity contribution >= 4 is 23.8 Å². The Labute approximate surface area is 124 Å². The number of nitrogens with one attached hydrogen (secondary N) is 1. The number of amides is 2. The largest absolute Gasteiger partial charge is 0.481 e. The molecular formula is C13H25N3O3S. The monoisotopic (exact) mass is 303 g/mol. The molecule has 0 aromatic heterocycles. The molecule has 6 nitrogen and oxygen atoms in total. The Bertz CT molecular complexity index is 342. The van der Waals surface area contributed by atoms with E-state index >= 15 is 0 Å². The number of aliphatic carboxylic acids is 1. The number of carboxylic acid groups (broad SMARTS) is 1. The Morgan fingerprint density at radius 1 is 1.25 bits per heavy atom. The van der Waals surface area contributed by atoms with Gasteiger partial charge in [-0.2, -0.15) is 11.8 Å². The summed E-state index contributed by atoms with van der Waals surface area (Å²) in [7, 11) is 0. The Kier molecular flexibility index (Phi) is 6.61. The molecule has 1 heterocycles. The minimum absolute atomic E-state index is 0.0231. The van der Waals surface area contributed by atoms with Crippen LogP contribution in [0.3, 0.4) is 0 Å². The first kappa shape index (κ1) is 17.1. The molecule has 2 N–H and O–H groups in total. The lowest BCUT2D eigenvalue weighted by atomic mass is 10.2. The zero-order valence-corrected chi connectivity index (χ0v) is 13.3. The van der Waals surface area contributed by atoms with Gasteiger partial charge in [0.1, 0.15) is 0 Å². The van der Waals surface area contributed by atoms with E-state index in [0.29, 0.717) is 26.2 Å². The second-order valence-corrected chi connectivity index (χ2v) is 7.11. The van der Waals surface area contributed by atoms with Gasteiger partial charge in [0.2, 0.25) is 0 Å². The van der Waals surface area contributed by atoms with Crippen LogP contribution in [0.5, 0.6) is 0 Å². The number of urea groups is 1. The summed E-state index contributed by atoms with van der Waals surface area (Å²) in [5.41, 5.74) is 0. The van der Waals surface area contributed by atoms with Gasteiger partial charge < -0.3 is 15.3 Å². The van der Waals surface area contributed by atoms with E-state index < -0.39 is 5.97 Å². The molecular weight excluding hydrogens is 278 g/mol. The molecule has 1 fully saturated rings. The molecule has 116 valence electrons. The predicted molar refractivity (Wildman–Crippen MR) is 81.3 cm³/mol. The van der Waals surface area contributed by atoms with Crippen LogP contribution in [0.4, 0.5) is 4.79 Å². The van der Waals surface area contributed by atoms with E-state index in [0.717, 1.165) is 13.1 Å². The fourth-order valence-corrected chi connectivity index (χ4v) is 2.12. The van der Waals surface area contributed by atoms with E-state index in [1.54, 1.807) is 16.7 Å². The van der Waals surface area contributed by atoms with Crippen molar-refractivity contribution in [1.82, 2.24) is 15.1 Å². The van der Waals surface area contributed by atoms with Crippen LogP contribution in [0, 0.1) is 0 Å². The number of hydrogen-bond donors (Lipinski definition) is 2. The summed E-state index contributed by atoms with van der Waals surface area (Å²) in [5, 5.41) is 11.6. The smallest absolute Gasteiger partial charge is 0.317 e. The van der Waals surface area contributed by atoms with Crippen LogP contribution in [-0.4, -0.2) is 77.2 Å². The first-order valence-corrected chi connectivity index (χ1v) is 8.08. The third-order valence-electron chi connectivity index (χ3n) is 3.52. The topological polar surface area (TPSA) is 72.9 Å². The Balaban J connectivity index is 2.27. The SMILES string of the molecule is CSC(C)(C)CNC(=O)N1CCN(CCC(=O)O)CC1. The Hall–Kier alpha value is -0.950. The first-order chi connectivity index (χ1) is 9.34. The third-order valence-corrected chi connectivity index (χ3v) is 4.77. The van der Waals surface area contributed by atoms with Crippen molar-refractivity contribution in [2.24, 2.45) is 0 Å². The van der Waals surface area contributed by atoms with Gasteiger partial charge in [0.25, 0.3) is 0 Å². The van der Waals surface area contributed by atoms with Gasteiger partial charge in [-0.15, -0.1) is 0 Å². The second kappa shape index (κ2) is 7.73. The molecule has 1 rings (SSSR count). The van der Waals surface area contributed by atoms with Crippen molar-refractivity contribution in [1.29, 1.82) is 0 Å². The van der Waals surface area contributed by atoms with Gasteiger partial charge in [-0.1, -0.05) is 0 Å². The summed E-state index contributed by atoms with van der Waals surface area (Å²) in [6, 6.07) is -0.0231. The van der Waals surface area contributed by atoms with E-state index in [2.05, 4.69) is 24.1 Å². The lowest BCUT2D eigenvalue weighted by Crippen LogP contribution is -2.53. The molecule has 0 bridgehead atoms. The van der Waals surface area contributed by atoms with E-state index in [-0.39, 0.29) is 17.2 Å². The Morgan fingerprint density at radius 3 is 2.35 bits per heavy atom. The van der Waals surface area contributed by atoms with Gasteiger partial charge in [0, 0.05) is 44.0 Å². The van der Waals surface area contributed by atoms with Crippen LogP contribution >= 0.6 is 11.8 Å². The van der Waals surface area contributed by atoms with Crippen LogP contribution in [0.25, 0.3) is 0 Å². The number of hydrogen-bond acceptors (Lipinski definition) is 4. The highest BCUT2D eigenvalue weighted by molar-refractivity contribution is 7.99. The second-order valence-electron chi connectivity index (χ2n) is 5.59. The van der Waals surface area contributed by atoms with Gasteiger partial charge in [-0.05, 0) is 20.1 Å². The number of thioether (sulfide) groups is 1. The van der Waals surface area contributed by atoms with Crippen molar-refractivity contribution in [3.05, 3.63) is 0 Å². The number of nitrogens with zero attached hydrogens (tertiary/aromatic N) is 2. The van der Waals surface area contributed by atoms with Crippen LogP contribution in [-0.2, 0) is 4.79 Å². The highest BCUT2D eigenvalue weighted by Crippen LogP contribution is 2.19. The normalized spacial score (nSPS) is 17.1. The van der Waals surface area contributed by atoms with Crippen molar-refractivity contribution in [3.8, 4) is 0 Å². The zero-order chi connectivity index (χ0) is 15.2. The summed E-state index contributed by atoms with van der Waals surface area (Å²) in [6.45, 7) is 8.20. The van der Waals surface area contributed by atoms with Gasteiger partial charge in [0.15, 0.2) is 0 Å². The van der Waals surface area contributed by atoms with Gasteiger partial charge >= 0.3 is 12.0 Å². The number of rotatable bonds is 6. The number of carboxylic acids is 1. The molecule has 7 heteroatoms. The molecule has 1 saturated heterocycles. The van der Waals surface area contributed by atoms with E-state index in [4.69, 9.17) is 5.11 Å². The fraction of sp³-hybridized carbons (Fsp3) is 0.846. The summed E-state index contributed by atoms with van der Waals surface area (Å²) in [5.74, 6) is -0.774. The lowest BCUT2D eigenvalue weighted by molar-refractivity contribution is -0.137. The van der Waals surface area contributed by atoms with E-state index in [1.807, 2.05) is 6.26 Å². The highest BCUT2D eigenvalue weighted by Gasteiger charge is 2.23. The van der Waals surface area contributed by atoms with Crippen LogP contribution in [0.15, 0.2) is 0 Å². The maximum Gasteiger partial charge on any atom is 0.317 e. The summed E-state index contributed by atoms with van der Waals surface area (Å²) in [4.78, 5) is 26.4. The maximum atomic E-state index is 12.0. The lowest BCUT2D eigenvalue weighted by Gasteiger charge is -2.35. The van der Waals surface area contributed by atoms with Crippen molar-refractivity contribution < 1.29 is 14.7 Å². The summed E-state index contributed by atoms with van der Waals surface area (Å²) >= 11 is 1.73. The minimum Gasteiger partial charge on any atom is -0.481 e. The average molecular weight is 303 g/mol. The van der Waals surface area contributed by atoms with Gasteiger partial charge in [-0.3, -0.25) is 9.69 Å². The number of carbonyl (C=O) groups is 2. The maximum absolute atomic E-state index is 12.0. The molecule has 0 radical (unpaired) electrons. The molecule has 0 aliphatic carbocycles. The van der Waals surface area contributed by atoms with Crippen molar-refractivity contribution in [2.75, 3.05) is 45.5 Å². The van der Waals surface area contributed by atoms with Crippen molar-refractivity contribution in [2.45, 2.75) is 25.0 Å². The van der Waals surface area contributed by atoms with E-state index in [1.165, 1.54) is 0 Å². The minimum atomic E-state index is -0.774. The van der Waals surface area contributed by atoms with Crippen LogP contribution in [0.2, 0.25) is 0 Å². The van der Waals surface area contributed by atoms with Crippen molar-refractivity contribution in [3.63, 3.8) is 0 Å². The van der Waals surface area contributed by atoms with Crippen LogP contribution in [0.1, 0.15) is 20.3 Å². The zero-order valence-electron chi connectivity index (χ0n) is 12.5. The first-order valence-electron chi connectivity index (χ1n) is 6.86. The number of carbonyl (C=O) groups excluding carboxylic acids is 1. The fourth-order valence-electron chi connectivity index (χ4n) is 1.90. The molecule has 0 atom stereocenters. The third kappa shape index (κ3) is 6.00. The molecule has 0 aromatic rings. The molecule has 0 aromatic carbocycles. The van der Waals surface area contributed by atoms with Gasteiger partial charge in [-0.25, -0.2) is 4.79 Å².